The van der Waals surface area contributed by atoms with Gasteiger partial charge < -0.3 is 5.32 Å². The van der Waals surface area contributed by atoms with Crippen molar-refractivity contribution in [1.82, 2.24) is 9.79 Å². The highest BCUT2D eigenvalue weighted by molar-refractivity contribution is 7.89. The van der Waals surface area contributed by atoms with Gasteiger partial charge in [0.25, 0.3) is 11.8 Å². The molecule has 0 radical (unpaired) electrons. The van der Waals surface area contributed by atoms with Gasteiger partial charge in [-0.3, -0.25) is 19.6 Å². The summed E-state index contributed by atoms with van der Waals surface area (Å²) in [7, 11) is -3.90. The number of hydrogen-bond donors (Lipinski definition) is 3. The second kappa shape index (κ2) is 8.63. The smallest absolute Gasteiger partial charge is 0.258 e. The van der Waals surface area contributed by atoms with E-state index < -0.39 is 28.4 Å². The van der Waals surface area contributed by atoms with Gasteiger partial charge in [-0.25, -0.2) is 13.9 Å². The Balaban J connectivity index is 1.50. The molecule has 1 aliphatic heterocycles. The number of rotatable bonds is 6. The van der Waals surface area contributed by atoms with Crippen molar-refractivity contribution >= 4 is 44.0 Å². The number of hydroxylamine groups is 1. The van der Waals surface area contributed by atoms with E-state index in [1.54, 1.807) is 48.5 Å². The van der Waals surface area contributed by atoms with E-state index in [4.69, 9.17) is 5.21 Å². The first-order valence-corrected chi connectivity index (χ1v) is 11.6. The van der Waals surface area contributed by atoms with Gasteiger partial charge in [-0.1, -0.05) is 42.5 Å². The van der Waals surface area contributed by atoms with E-state index in [0.29, 0.717) is 21.0 Å². The third-order valence-corrected chi connectivity index (χ3v) is 7.83. The summed E-state index contributed by atoms with van der Waals surface area (Å²) in [5.74, 6) is -1.54. The fourth-order valence-electron chi connectivity index (χ4n) is 3.26. The number of fused-ring (bicyclic) bond motifs is 1. The summed E-state index contributed by atoms with van der Waals surface area (Å²) in [6.07, 6.45) is 0. The third kappa shape index (κ3) is 4.18. The maximum Gasteiger partial charge on any atom is 0.258 e. The van der Waals surface area contributed by atoms with Crippen LogP contribution >= 0.6 is 11.3 Å². The van der Waals surface area contributed by atoms with E-state index in [-0.39, 0.29) is 22.8 Å². The van der Waals surface area contributed by atoms with Gasteiger partial charge >= 0.3 is 0 Å². The minimum atomic E-state index is -3.90. The minimum absolute atomic E-state index is 0.0107. The van der Waals surface area contributed by atoms with Gasteiger partial charge in [-0.05, 0) is 18.2 Å². The van der Waals surface area contributed by atoms with E-state index in [1.165, 1.54) is 17.6 Å². The Morgan fingerprint density at radius 3 is 2.34 bits per heavy atom. The molecule has 2 aromatic carbocycles. The highest BCUT2D eigenvalue weighted by Gasteiger charge is 2.38. The molecular formula is C21H17N3O6S2. The highest BCUT2D eigenvalue weighted by atomic mass is 32.2. The summed E-state index contributed by atoms with van der Waals surface area (Å²) >= 11 is 1.08. The number of carbonyl (C=O) groups is 3. The SMILES string of the molecule is O=C(CN1Cc2sc(NC(=O)c3cccc(C(=O)c4ccccc4)c3)cc2S1(=O)=O)NO. The summed E-state index contributed by atoms with van der Waals surface area (Å²) in [6, 6.07) is 16.3. The topological polar surface area (TPSA) is 133 Å². The number of benzene rings is 2. The molecule has 0 saturated carbocycles. The zero-order chi connectivity index (χ0) is 22.9. The first kappa shape index (κ1) is 21.8. The predicted octanol–water partition coefficient (Wildman–Crippen LogP) is 2.24. The average Bonchev–Trinajstić information content (AvgIpc) is 3.30. The fraction of sp³-hybridized carbons (Fsp3) is 0.0952. The molecule has 164 valence electrons. The number of hydrogen-bond acceptors (Lipinski definition) is 7. The lowest BCUT2D eigenvalue weighted by molar-refractivity contribution is -0.129. The van der Waals surface area contributed by atoms with Gasteiger partial charge in [-0.2, -0.15) is 4.31 Å². The Bertz CT molecular complexity index is 1320. The lowest BCUT2D eigenvalue weighted by atomic mass is 10.0. The van der Waals surface area contributed by atoms with Crippen molar-refractivity contribution in [1.29, 1.82) is 0 Å². The first-order valence-electron chi connectivity index (χ1n) is 9.36. The molecule has 32 heavy (non-hydrogen) atoms. The van der Waals surface area contributed by atoms with E-state index in [2.05, 4.69) is 5.32 Å². The van der Waals surface area contributed by atoms with Crippen molar-refractivity contribution in [3.63, 3.8) is 0 Å². The molecule has 3 aromatic rings. The third-order valence-electron chi connectivity index (χ3n) is 4.81. The highest BCUT2D eigenvalue weighted by Crippen LogP contribution is 2.39. The number of carbonyl (C=O) groups excluding carboxylic acids is 3. The van der Waals surface area contributed by atoms with Crippen LogP contribution in [0.25, 0.3) is 0 Å². The molecule has 2 amide bonds. The number of nitrogens with zero attached hydrogens (tertiary/aromatic N) is 1. The van der Waals surface area contributed by atoms with Crippen LogP contribution in [0, 0.1) is 0 Å². The van der Waals surface area contributed by atoms with Crippen LogP contribution in [-0.2, 0) is 21.4 Å². The predicted molar refractivity (Wildman–Crippen MR) is 116 cm³/mol. The molecule has 9 nitrogen and oxygen atoms in total. The lowest BCUT2D eigenvalue weighted by Crippen LogP contribution is -2.36. The molecule has 3 N–H and O–H groups in total. The molecule has 0 bridgehead atoms. The molecule has 0 unspecified atom stereocenters. The van der Waals surface area contributed by atoms with Crippen molar-refractivity contribution in [2.24, 2.45) is 0 Å². The Morgan fingerprint density at radius 1 is 0.969 bits per heavy atom. The van der Waals surface area contributed by atoms with Crippen LogP contribution in [0.15, 0.2) is 65.6 Å². The number of nitrogens with one attached hydrogen (secondary N) is 2. The van der Waals surface area contributed by atoms with Crippen LogP contribution in [0.5, 0.6) is 0 Å². The molecule has 1 aromatic heterocycles. The summed E-state index contributed by atoms with van der Waals surface area (Å²) in [5, 5.41) is 11.6. The van der Waals surface area contributed by atoms with Crippen molar-refractivity contribution in [3.05, 3.63) is 82.2 Å². The van der Waals surface area contributed by atoms with Gasteiger partial charge in [0.1, 0.15) is 0 Å². The minimum Gasteiger partial charge on any atom is -0.314 e. The van der Waals surface area contributed by atoms with Gasteiger partial charge in [0.15, 0.2) is 5.78 Å². The Labute approximate surface area is 187 Å². The molecular weight excluding hydrogens is 454 g/mol. The second-order valence-corrected chi connectivity index (χ2v) is 9.98. The molecule has 1 aliphatic rings. The van der Waals surface area contributed by atoms with Crippen LogP contribution in [0.4, 0.5) is 5.00 Å². The number of ketones is 1. The van der Waals surface area contributed by atoms with E-state index in [1.807, 2.05) is 0 Å². The van der Waals surface area contributed by atoms with Crippen molar-refractivity contribution in [2.75, 3.05) is 11.9 Å². The summed E-state index contributed by atoms with van der Waals surface area (Å²) < 4.78 is 26.1. The molecule has 11 heteroatoms. The standard InChI is InChI=1S/C21H17N3O6S2/c25-18(23-28)12-24-11-16-17(32(24,29)30)10-19(31-16)22-21(27)15-8-4-7-14(9-15)20(26)13-5-2-1-3-6-13/h1-10,28H,11-12H2,(H,22,27)(H,23,25). The zero-order valence-corrected chi connectivity index (χ0v) is 18.1. The lowest BCUT2D eigenvalue weighted by Gasteiger charge is -2.13. The molecule has 0 spiro atoms. The molecule has 4 rings (SSSR count). The van der Waals surface area contributed by atoms with Crippen molar-refractivity contribution in [2.45, 2.75) is 11.4 Å². The number of thiophene rings is 1. The van der Waals surface area contributed by atoms with E-state index in [0.717, 1.165) is 15.6 Å². The van der Waals surface area contributed by atoms with Gasteiger partial charge in [0.05, 0.1) is 23.0 Å². The molecule has 2 heterocycles. The summed E-state index contributed by atoms with van der Waals surface area (Å²) in [6.45, 7) is -0.545. The van der Waals surface area contributed by atoms with Crippen LogP contribution in [0.3, 0.4) is 0 Å². The van der Waals surface area contributed by atoms with E-state index >= 15 is 0 Å². The van der Waals surface area contributed by atoms with Crippen molar-refractivity contribution < 1.29 is 28.0 Å². The van der Waals surface area contributed by atoms with Gasteiger partial charge in [0.2, 0.25) is 10.0 Å². The monoisotopic (exact) mass is 471 g/mol. The summed E-state index contributed by atoms with van der Waals surface area (Å²) in [4.78, 5) is 37.1. The Morgan fingerprint density at radius 2 is 1.66 bits per heavy atom. The van der Waals surface area contributed by atoms with Gasteiger partial charge in [0, 0.05) is 21.6 Å². The Kier molecular flexibility index (Phi) is 5.89. The molecule has 0 saturated heterocycles. The fourth-order valence-corrected chi connectivity index (χ4v) is 6.31. The van der Waals surface area contributed by atoms with Crippen LogP contribution < -0.4 is 10.8 Å². The first-order chi connectivity index (χ1) is 15.3. The second-order valence-electron chi connectivity index (χ2n) is 6.94. The zero-order valence-electron chi connectivity index (χ0n) is 16.4. The average molecular weight is 472 g/mol. The number of amides is 2. The molecule has 0 fully saturated rings. The quantitative estimate of drug-likeness (QED) is 0.287. The largest absolute Gasteiger partial charge is 0.314 e. The maximum atomic E-state index is 12.7. The van der Waals surface area contributed by atoms with Crippen LogP contribution in [-0.4, -0.2) is 42.1 Å². The number of sulfonamides is 1. The normalized spacial score (nSPS) is 14.5. The summed E-state index contributed by atoms with van der Waals surface area (Å²) in [5.41, 5.74) is 2.52. The maximum absolute atomic E-state index is 12.7. The van der Waals surface area contributed by atoms with Crippen LogP contribution in [0.1, 0.15) is 31.2 Å². The molecule has 0 aliphatic carbocycles. The van der Waals surface area contributed by atoms with Crippen molar-refractivity contribution in [3.8, 4) is 0 Å². The molecule has 0 atom stereocenters. The van der Waals surface area contributed by atoms with Gasteiger partial charge in [-0.15, -0.1) is 11.3 Å². The number of anilines is 1. The van der Waals surface area contributed by atoms with Crippen LogP contribution in [0.2, 0.25) is 0 Å². The Hall–Kier alpha value is -3.38. The van der Waals surface area contributed by atoms with E-state index in [9.17, 15) is 22.8 Å².